The molecule has 30 heavy (non-hydrogen) atoms. The number of nitrogens with zero attached hydrogens (tertiary/aromatic N) is 3. The van der Waals surface area contributed by atoms with Gasteiger partial charge in [0.1, 0.15) is 5.75 Å². The molecular formula is C22H22N4O4. The summed E-state index contributed by atoms with van der Waals surface area (Å²) in [5, 5.41) is 20.9. The van der Waals surface area contributed by atoms with Crippen LogP contribution in [0.3, 0.4) is 0 Å². The van der Waals surface area contributed by atoms with Crippen molar-refractivity contribution in [3.63, 3.8) is 0 Å². The number of nitriles is 1. The fraction of sp³-hybridized carbons (Fsp3) is 0.227. The Hall–Kier alpha value is -3.83. The molecule has 0 aliphatic carbocycles. The van der Waals surface area contributed by atoms with Gasteiger partial charge >= 0.3 is 0 Å². The second-order valence-electron chi connectivity index (χ2n) is 6.59. The number of aromatic nitrogens is 1. The molecule has 0 saturated heterocycles. The van der Waals surface area contributed by atoms with Gasteiger partial charge < -0.3 is 24.5 Å². The summed E-state index contributed by atoms with van der Waals surface area (Å²) in [6.07, 6.45) is 1.86. The Labute approximate surface area is 174 Å². The van der Waals surface area contributed by atoms with E-state index in [0.717, 1.165) is 11.1 Å². The van der Waals surface area contributed by atoms with Crippen molar-refractivity contribution < 1.29 is 19.1 Å². The Morgan fingerprint density at radius 2 is 2.07 bits per heavy atom. The molecule has 2 N–H and O–H groups in total. The normalized spacial score (nSPS) is 10.3. The van der Waals surface area contributed by atoms with Gasteiger partial charge in [-0.25, -0.2) is 4.98 Å². The summed E-state index contributed by atoms with van der Waals surface area (Å²) < 4.78 is 11.1. The standard InChI is InChI=1S/C22H22N4O4/c1-26(9-3-8-23)21(28)17-10-18(12-19(11-17)29-2)25-22-24-13-20(30-22)16-6-4-15(14-27)5-7-16/h4-7,10-13,27H,3,9,14H2,1-2H3,(H,24,25). The number of ether oxygens (including phenoxy) is 1. The minimum Gasteiger partial charge on any atom is -0.497 e. The number of aliphatic hydroxyl groups excluding tert-OH is 1. The molecule has 1 heterocycles. The maximum atomic E-state index is 12.6. The third kappa shape index (κ3) is 4.96. The van der Waals surface area contributed by atoms with Crippen molar-refractivity contribution in [3.05, 3.63) is 59.8 Å². The van der Waals surface area contributed by atoms with Crippen molar-refractivity contribution in [1.29, 1.82) is 5.26 Å². The van der Waals surface area contributed by atoms with E-state index in [1.54, 1.807) is 31.4 Å². The van der Waals surface area contributed by atoms with Gasteiger partial charge in [-0.2, -0.15) is 5.26 Å². The highest BCUT2D eigenvalue weighted by Crippen LogP contribution is 2.27. The predicted octanol–water partition coefficient (Wildman–Crippen LogP) is 3.57. The highest BCUT2D eigenvalue weighted by atomic mass is 16.5. The van der Waals surface area contributed by atoms with E-state index in [2.05, 4.69) is 10.3 Å². The summed E-state index contributed by atoms with van der Waals surface area (Å²) in [7, 11) is 3.17. The van der Waals surface area contributed by atoms with Crippen molar-refractivity contribution in [2.24, 2.45) is 0 Å². The van der Waals surface area contributed by atoms with Gasteiger partial charge in [-0.05, 0) is 17.7 Å². The maximum Gasteiger partial charge on any atom is 0.299 e. The lowest BCUT2D eigenvalue weighted by molar-refractivity contribution is 0.0797. The van der Waals surface area contributed by atoms with Gasteiger partial charge in [-0.15, -0.1) is 0 Å². The van der Waals surface area contributed by atoms with Crippen LogP contribution in [0, 0.1) is 11.3 Å². The molecule has 3 rings (SSSR count). The summed E-state index contributed by atoms with van der Waals surface area (Å²) in [5.41, 5.74) is 2.64. The van der Waals surface area contributed by atoms with E-state index < -0.39 is 0 Å². The average Bonchev–Trinajstić information content (AvgIpc) is 3.25. The molecule has 0 fully saturated rings. The average molecular weight is 406 g/mol. The first kappa shape index (κ1) is 20.9. The van der Waals surface area contributed by atoms with Gasteiger partial charge in [-0.1, -0.05) is 24.3 Å². The van der Waals surface area contributed by atoms with Gasteiger partial charge in [0.2, 0.25) is 0 Å². The number of carbonyl (C=O) groups excluding carboxylic acids is 1. The van der Waals surface area contributed by atoms with Crippen LogP contribution in [-0.2, 0) is 6.61 Å². The van der Waals surface area contributed by atoms with E-state index >= 15 is 0 Å². The molecule has 0 spiro atoms. The number of oxazole rings is 1. The summed E-state index contributed by atoms with van der Waals surface area (Å²) >= 11 is 0. The van der Waals surface area contributed by atoms with Crippen LogP contribution in [0.25, 0.3) is 11.3 Å². The molecule has 3 aromatic rings. The second-order valence-corrected chi connectivity index (χ2v) is 6.59. The van der Waals surface area contributed by atoms with Crippen LogP contribution < -0.4 is 10.1 Å². The number of rotatable bonds is 8. The lowest BCUT2D eigenvalue weighted by Crippen LogP contribution is -2.27. The highest BCUT2D eigenvalue weighted by Gasteiger charge is 2.15. The van der Waals surface area contributed by atoms with Crippen LogP contribution in [0.5, 0.6) is 5.75 Å². The van der Waals surface area contributed by atoms with E-state index in [4.69, 9.17) is 19.5 Å². The van der Waals surface area contributed by atoms with Gasteiger partial charge in [0.25, 0.3) is 11.9 Å². The topological polar surface area (TPSA) is 112 Å². The van der Waals surface area contributed by atoms with E-state index in [0.29, 0.717) is 29.3 Å². The number of hydrogen-bond donors (Lipinski definition) is 2. The fourth-order valence-electron chi connectivity index (χ4n) is 2.82. The van der Waals surface area contributed by atoms with Crippen LogP contribution in [0.15, 0.2) is 53.1 Å². The molecule has 0 unspecified atom stereocenters. The molecule has 0 bridgehead atoms. The Bertz CT molecular complexity index is 1050. The largest absolute Gasteiger partial charge is 0.497 e. The number of methoxy groups -OCH3 is 1. The third-order valence-electron chi connectivity index (χ3n) is 4.47. The molecule has 0 aliphatic rings. The SMILES string of the molecule is COc1cc(Nc2ncc(-c3ccc(CO)cc3)o2)cc(C(=O)N(C)CCC#N)c1. The number of anilines is 2. The number of carbonyl (C=O) groups is 1. The van der Waals surface area contributed by atoms with E-state index in [-0.39, 0.29) is 24.9 Å². The van der Waals surface area contributed by atoms with Gasteiger partial charge in [0.05, 0.1) is 32.4 Å². The smallest absolute Gasteiger partial charge is 0.299 e. The maximum absolute atomic E-state index is 12.6. The van der Waals surface area contributed by atoms with Crippen molar-refractivity contribution in [3.8, 4) is 23.1 Å². The molecule has 1 amide bonds. The molecule has 0 radical (unpaired) electrons. The van der Waals surface area contributed by atoms with Gasteiger partial charge in [-0.3, -0.25) is 4.79 Å². The Balaban J connectivity index is 1.80. The van der Waals surface area contributed by atoms with E-state index in [9.17, 15) is 4.79 Å². The van der Waals surface area contributed by atoms with Crippen molar-refractivity contribution in [2.45, 2.75) is 13.0 Å². The molecule has 0 saturated carbocycles. The van der Waals surface area contributed by atoms with Crippen molar-refractivity contribution in [2.75, 3.05) is 26.0 Å². The summed E-state index contributed by atoms with van der Waals surface area (Å²) in [6.45, 7) is 0.319. The third-order valence-corrected chi connectivity index (χ3v) is 4.47. The zero-order chi connectivity index (χ0) is 21.5. The number of benzene rings is 2. The molecular weight excluding hydrogens is 384 g/mol. The molecule has 154 valence electrons. The van der Waals surface area contributed by atoms with Gasteiger partial charge in [0, 0.05) is 36.5 Å². The van der Waals surface area contributed by atoms with Gasteiger partial charge in [0.15, 0.2) is 5.76 Å². The monoisotopic (exact) mass is 406 g/mol. The predicted molar refractivity (Wildman–Crippen MR) is 111 cm³/mol. The van der Waals surface area contributed by atoms with E-state index in [1.165, 1.54) is 12.0 Å². The first-order valence-electron chi connectivity index (χ1n) is 9.28. The first-order valence-corrected chi connectivity index (χ1v) is 9.28. The van der Waals surface area contributed by atoms with Crippen LogP contribution >= 0.6 is 0 Å². The number of nitrogens with one attached hydrogen (secondary N) is 1. The van der Waals surface area contributed by atoms with Crippen LogP contribution in [-0.4, -0.2) is 41.6 Å². The zero-order valence-electron chi connectivity index (χ0n) is 16.8. The molecule has 8 heteroatoms. The van der Waals surface area contributed by atoms with Crippen molar-refractivity contribution in [1.82, 2.24) is 9.88 Å². The Morgan fingerprint density at radius 1 is 1.30 bits per heavy atom. The molecule has 0 aliphatic heterocycles. The highest BCUT2D eigenvalue weighted by molar-refractivity contribution is 5.95. The van der Waals surface area contributed by atoms with Crippen LogP contribution in [0.2, 0.25) is 0 Å². The Morgan fingerprint density at radius 3 is 2.73 bits per heavy atom. The van der Waals surface area contributed by atoms with Crippen LogP contribution in [0.1, 0.15) is 22.3 Å². The quantitative estimate of drug-likeness (QED) is 0.588. The molecule has 1 aromatic heterocycles. The number of amides is 1. The molecule has 8 nitrogen and oxygen atoms in total. The molecule has 0 atom stereocenters. The minimum absolute atomic E-state index is 0.0217. The van der Waals surface area contributed by atoms with E-state index in [1.807, 2.05) is 30.3 Å². The zero-order valence-corrected chi connectivity index (χ0v) is 16.8. The summed E-state index contributed by atoms with van der Waals surface area (Å²) in [5.74, 6) is 0.852. The lowest BCUT2D eigenvalue weighted by Gasteiger charge is -2.16. The minimum atomic E-state index is -0.218. The summed E-state index contributed by atoms with van der Waals surface area (Å²) in [4.78, 5) is 18.4. The number of hydrogen-bond acceptors (Lipinski definition) is 7. The summed E-state index contributed by atoms with van der Waals surface area (Å²) in [6, 6.07) is 14.6. The second kappa shape index (κ2) is 9.58. The number of aliphatic hydroxyl groups is 1. The van der Waals surface area contributed by atoms with Crippen molar-refractivity contribution >= 4 is 17.6 Å². The Kier molecular flexibility index (Phi) is 6.67. The fourth-order valence-corrected chi connectivity index (χ4v) is 2.82. The van der Waals surface area contributed by atoms with Crippen LogP contribution in [0.4, 0.5) is 11.7 Å². The lowest BCUT2D eigenvalue weighted by atomic mass is 10.1. The molecule has 2 aromatic carbocycles. The first-order chi connectivity index (χ1) is 14.5.